The van der Waals surface area contributed by atoms with Crippen molar-refractivity contribution in [1.82, 2.24) is 14.3 Å². The standard InChI is InChI=1S/C26H25FN4O3S2/c1-18-4-3-13-30(16-18)36(33,34)22-9-6-20(7-10-22)25(32)31(17-19-5-2-12-28-15-19)26-29-23-11-8-21(27)14-24(23)35-26/h2,5-12,14-15,18H,3-4,13,16-17H2,1H3. The van der Waals surface area contributed by atoms with Gasteiger partial charge in [-0.25, -0.2) is 17.8 Å². The largest absolute Gasteiger partial charge is 0.279 e. The lowest BCUT2D eigenvalue weighted by Gasteiger charge is -2.30. The van der Waals surface area contributed by atoms with Crippen LogP contribution in [-0.2, 0) is 16.6 Å². The number of nitrogens with zero attached hydrogens (tertiary/aromatic N) is 4. The van der Waals surface area contributed by atoms with E-state index < -0.39 is 10.0 Å². The number of carbonyl (C=O) groups excluding carboxylic acids is 1. The van der Waals surface area contributed by atoms with Crippen LogP contribution in [0.2, 0.25) is 0 Å². The Morgan fingerprint density at radius 3 is 2.72 bits per heavy atom. The Bertz CT molecular complexity index is 1490. The zero-order valence-electron chi connectivity index (χ0n) is 19.7. The summed E-state index contributed by atoms with van der Waals surface area (Å²) in [6.07, 6.45) is 5.18. The molecule has 5 rings (SSSR count). The SMILES string of the molecule is CC1CCCN(S(=O)(=O)c2ccc(C(=O)N(Cc3cccnc3)c3nc4ccc(F)cc4s3)cc2)C1. The molecule has 0 aliphatic carbocycles. The number of benzene rings is 2. The van der Waals surface area contributed by atoms with Crippen LogP contribution in [0.4, 0.5) is 9.52 Å². The van der Waals surface area contributed by atoms with Crippen molar-refractivity contribution < 1.29 is 17.6 Å². The van der Waals surface area contributed by atoms with Crippen LogP contribution in [0.3, 0.4) is 0 Å². The molecule has 1 atom stereocenters. The summed E-state index contributed by atoms with van der Waals surface area (Å²) in [4.78, 5) is 24.0. The highest BCUT2D eigenvalue weighted by Crippen LogP contribution is 2.32. The zero-order chi connectivity index (χ0) is 25.3. The average Bonchev–Trinajstić information content (AvgIpc) is 3.30. The summed E-state index contributed by atoms with van der Waals surface area (Å²) in [5, 5.41) is 0.420. The van der Waals surface area contributed by atoms with E-state index in [4.69, 9.17) is 0 Å². The smallest absolute Gasteiger partial charge is 0.260 e. The molecule has 0 radical (unpaired) electrons. The summed E-state index contributed by atoms with van der Waals surface area (Å²) in [5.41, 5.74) is 1.72. The Morgan fingerprint density at radius 1 is 1.19 bits per heavy atom. The van der Waals surface area contributed by atoms with Gasteiger partial charge >= 0.3 is 0 Å². The number of thiazole rings is 1. The molecule has 7 nitrogen and oxygen atoms in total. The van der Waals surface area contributed by atoms with Crippen molar-refractivity contribution in [2.24, 2.45) is 5.92 Å². The predicted octanol–water partition coefficient (Wildman–Crippen LogP) is 5.10. The molecule has 1 fully saturated rings. The van der Waals surface area contributed by atoms with Crippen LogP contribution in [0.1, 0.15) is 35.7 Å². The molecule has 186 valence electrons. The normalized spacial score (nSPS) is 16.8. The first-order valence-electron chi connectivity index (χ1n) is 11.7. The summed E-state index contributed by atoms with van der Waals surface area (Å²) in [5.74, 6) is -0.394. The number of rotatable bonds is 6. The van der Waals surface area contributed by atoms with Gasteiger partial charge in [0.25, 0.3) is 5.91 Å². The van der Waals surface area contributed by atoms with Crippen LogP contribution in [-0.4, -0.2) is 41.7 Å². The number of hydrogen-bond acceptors (Lipinski definition) is 6. The van der Waals surface area contributed by atoms with E-state index in [2.05, 4.69) is 16.9 Å². The second-order valence-electron chi connectivity index (χ2n) is 9.00. The zero-order valence-corrected chi connectivity index (χ0v) is 21.3. The highest BCUT2D eigenvalue weighted by molar-refractivity contribution is 7.89. The number of piperidine rings is 1. The summed E-state index contributed by atoms with van der Waals surface area (Å²) < 4.78 is 42.1. The van der Waals surface area contributed by atoms with Gasteiger partial charge in [0.15, 0.2) is 5.13 Å². The van der Waals surface area contributed by atoms with Crippen molar-refractivity contribution in [2.45, 2.75) is 31.2 Å². The molecule has 36 heavy (non-hydrogen) atoms. The van der Waals surface area contributed by atoms with Crippen LogP contribution in [0.5, 0.6) is 0 Å². The van der Waals surface area contributed by atoms with E-state index in [-0.39, 0.29) is 23.2 Å². The lowest BCUT2D eigenvalue weighted by molar-refractivity contribution is 0.0985. The number of aromatic nitrogens is 2. The van der Waals surface area contributed by atoms with E-state index in [1.165, 1.54) is 56.9 Å². The maximum Gasteiger partial charge on any atom is 0.260 e. The van der Waals surface area contributed by atoms with Crippen LogP contribution in [0.25, 0.3) is 10.2 Å². The molecular weight excluding hydrogens is 499 g/mol. The summed E-state index contributed by atoms with van der Waals surface area (Å²) in [6, 6.07) is 14.0. The number of halogens is 1. The molecule has 0 saturated carbocycles. The van der Waals surface area contributed by atoms with Crippen molar-refractivity contribution in [3.63, 3.8) is 0 Å². The molecule has 2 aromatic carbocycles. The molecule has 10 heteroatoms. The minimum Gasteiger partial charge on any atom is -0.279 e. The summed E-state index contributed by atoms with van der Waals surface area (Å²) >= 11 is 1.22. The van der Waals surface area contributed by atoms with E-state index >= 15 is 0 Å². The van der Waals surface area contributed by atoms with Crippen molar-refractivity contribution in [1.29, 1.82) is 0 Å². The van der Waals surface area contributed by atoms with Gasteiger partial charge in [-0.2, -0.15) is 4.31 Å². The van der Waals surface area contributed by atoms with E-state index in [0.717, 1.165) is 18.4 Å². The van der Waals surface area contributed by atoms with Gasteiger partial charge < -0.3 is 0 Å². The van der Waals surface area contributed by atoms with Crippen LogP contribution in [0.15, 0.2) is 71.9 Å². The first-order chi connectivity index (χ1) is 17.3. The molecule has 1 aliphatic heterocycles. The monoisotopic (exact) mass is 524 g/mol. The molecule has 1 saturated heterocycles. The highest BCUT2D eigenvalue weighted by Gasteiger charge is 2.29. The van der Waals surface area contributed by atoms with Crippen LogP contribution in [0, 0.1) is 11.7 Å². The molecule has 1 amide bonds. The minimum absolute atomic E-state index is 0.169. The molecule has 3 heterocycles. The van der Waals surface area contributed by atoms with Crippen LogP contribution >= 0.6 is 11.3 Å². The molecule has 4 aromatic rings. The van der Waals surface area contributed by atoms with E-state index in [1.807, 2.05) is 6.07 Å². The van der Waals surface area contributed by atoms with Gasteiger partial charge in [0.05, 0.1) is 21.7 Å². The minimum atomic E-state index is -3.63. The molecule has 0 bridgehead atoms. The van der Waals surface area contributed by atoms with Gasteiger partial charge in [-0.05, 0) is 72.9 Å². The van der Waals surface area contributed by atoms with Crippen LogP contribution < -0.4 is 4.90 Å². The van der Waals surface area contributed by atoms with Gasteiger partial charge in [-0.15, -0.1) is 0 Å². The lowest BCUT2D eigenvalue weighted by atomic mass is 10.0. The van der Waals surface area contributed by atoms with Gasteiger partial charge in [0, 0.05) is 31.0 Å². The van der Waals surface area contributed by atoms with Crippen molar-refractivity contribution in [2.75, 3.05) is 18.0 Å². The Kier molecular flexibility index (Phi) is 6.83. The van der Waals surface area contributed by atoms with Crippen molar-refractivity contribution >= 4 is 42.6 Å². The Labute approximate surface area is 213 Å². The molecule has 2 aromatic heterocycles. The Hall–Kier alpha value is -3.21. The van der Waals surface area contributed by atoms with E-state index in [1.54, 1.807) is 24.5 Å². The fraction of sp³-hybridized carbons (Fsp3) is 0.269. The van der Waals surface area contributed by atoms with Crippen molar-refractivity contribution in [3.05, 3.63) is 83.9 Å². The maximum absolute atomic E-state index is 13.7. The number of hydrogen-bond donors (Lipinski definition) is 0. The van der Waals surface area contributed by atoms with Gasteiger partial charge in [-0.1, -0.05) is 24.3 Å². The fourth-order valence-corrected chi connectivity index (χ4v) is 6.93. The summed E-state index contributed by atoms with van der Waals surface area (Å²) in [6.45, 7) is 3.27. The predicted molar refractivity (Wildman–Crippen MR) is 138 cm³/mol. The molecule has 0 N–H and O–H groups in total. The third-order valence-electron chi connectivity index (χ3n) is 6.24. The molecule has 1 aliphatic rings. The van der Waals surface area contributed by atoms with Gasteiger partial charge in [0.2, 0.25) is 10.0 Å². The lowest BCUT2D eigenvalue weighted by Crippen LogP contribution is -2.39. The third-order valence-corrected chi connectivity index (χ3v) is 9.16. The Balaban J connectivity index is 1.46. The van der Waals surface area contributed by atoms with Crippen molar-refractivity contribution in [3.8, 4) is 0 Å². The molecule has 0 spiro atoms. The fourth-order valence-electron chi connectivity index (χ4n) is 4.34. The van der Waals surface area contributed by atoms with E-state index in [0.29, 0.717) is 39.9 Å². The first kappa shape index (κ1) is 24.5. The molecular formula is C26H25FN4O3S2. The van der Waals surface area contributed by atoms with Gasteiger partial charge in [-0.3, -0.25) is 14.7 Å². The second-order valence-corrected chi connectivity index (χ2v) is 11.9. The maximum atomic E-state index is 13.7. The average molecular weight is 525 g/mol. The number of pyridine rings is 1. The number of carbonyl (C=O) groups is 1. The highest BCUT2D eigenvalue weighted by atomic mass is 32.2. The number of anilines is 1. The Morgan fingerprint density at radius 2 is 2.00 bits per heavy atom. The number of sulfonamides is 1. The third kappa shape index (κ3) is 5.02. The topological polar surface area (TPSA) is 83.5 Å². The molecule has 1 unspecified atom stereocenters. The second kappa shape index (κ2) is 10.0. The first-order valence-corrected chi connectivity index (χ1v) is 13.9. The van der Waals surface area contributed by atoms with E-state index in [9.17, 15) is 17.6 Å². The number of fused-ring (bicyclic) bond motifs is 1. The quantitative estimate of drug-likeness (QED) is 0.351. The number of amides is 1. The van der Waals surface area contributed by atoms with Gasteiger partial charge in [0.1, 0.15) is 5.82 Å². The summed E-state index contributed by atoms with van der Waals surface area (Å²) in [7, 11) is -3.63.